The Balaban J connectivity index is 1.98. The Morgan fingerprint density at radius 2 is 2.07 bits per heavy atom. The van der Waals surface area contributed by atoms with E-state index in [9.17, 15) is 9.90 Å². The highest BCUT2D eigenvalue weighted by molar-refractivity contribution is 5.89. The van der Waals surface area contributed by atoms with Crippen LogP contribution in [0, 0.1) is 0 Å². The van der Waals surface area contributed by atoms with E-state index in [1.807, 2.05) is 6.07 Å². The Hall–Kier alpha value is -1.39. The summed E-state index contributed by atoms with van der Waals surface area (Å²) < 4.78 is 10.1. The molecule has 4 heteroatoms. The Labute approximate surface area is 87.4 Å². The fraction of sp³-hybridized carbons (Fsp3) is 0.364. The Kier molecular flexibility index (Phi) is 2.99. The fourth-order valence-electron chi connectivity index (χ4n) is 1.42. The molecule has 0 unspecified atom stereocenters. The molecule has 0 spiro atoms. The molecule has 0 bridgehead atoms. The van der Waals surface area contributed by atoms with Gasteiger partial charge in [0.25, 0.3) is 0 Å². The molecular formula is C11H12O4. The third kappa shape index (κ3) is 2.34. The van der Waals surface area contributed by atoms with Crippen LogP contribution in [0.2, 0.25) is 0 Å². The predicted molar refractivity (Wildman–Crippen MR) is 52.5 cm³/mol. The standard InChI is InChI=1S/C11H12O4/c12-9-6-14-7-10(9)15-11(13)8-4-2-1-3-5-8/h1-5,9-10,12H,6-7H2/t9-,10+/m1/s1. The molecule has 0 amide bonds. The maximum atomic E-state index is 11.6. The van der Waals surface area contributed by atoms with Gasteiger partial charge in [-0.3, -0.25) is 0 Å². The molecule has 0 aromatic heterocycles. The second-order valence-corrected chi connectivity index (χ2v) is 3.41. The number of aliphatic hydroxyl groups is 1. The van der Waals surface area contributed by atoms with E-state index in [-0.39, 0.29) is 13.2 Å². The van der Waals surface area contributed by atoms with Crippen molar-refractivity contribution in [2.75, 3.05) is 13.2 Å². The first kappa shape index (κ1) is 10.1. The summed E-state index contributed by atoms with van der Waals surface area (Å²) in [7, 11) is 0. The Morgan fingerprint density at radius 1 is 1.33 bits per heavy atom. The second kappa shape index (κ2) is 4.42. The van der Waals surface area contributed by atoms with Gasteiger partial charge in [0.1, 0.15) is 6.10 Å². The van der Waals surface area contributed by atoms with Crippen LogP contribution in [0.1, 0.15) is 10.4 Å². The van der Waals surface area contributed by atoms with Gasteiger partial charge < -0.3 is 14.6 Å². The molecule has 15 heavy (non-hydrogen) atoms. The lowest BCUT2D eigenvalue weighted by Crippen LogP contribution is -2.29. The van der Waals surface area contributed by atoms with Gasteiger partial charge in [0.15, 0.2) is 6.10 Å². The second-order valence-electron chi connectivity index (χ2n) is 3.41. The highest BCUT2D eigenvalue weighted by Crippen LogP contribution is 2.12. The number of rotatable bonds is 2. The van der Waals surface area contributed by atoms with Gasteiger partial charge in [0.05, 0.1) is 18.8 Å². The minimum Gasteiger partial charge on any atom is -0.453 e. The van der Waals surface area contributed by atoms with E-state index in [4.69, 9.17) is 9.47 Å². The number of aliphatic hydroxyl groups excluding tert-OH is 1. The molecule has 1 fully saturated rings. The third-order valence-electron chi connectivity index (χ3n) is 2.27. The number of esters is 1. The summed E-state index contributed by atoms with van der Waals surface area (Å²) in [6.45, 7) is 0.493. The number of ether oxygens (including phenoxy) is 2. The first-order chi connectivity index (χ1) is 7.27. The smallest absolute Gasteiger partial charge is 0.338 e. The summed E-state index contributed by atoms with van der Waals surface area (Å²) in [6, 6.07) is 8.69. The van der Waals surface area contributed by atoms with Crippen molar-refractivity contribution in [2.45, 2.75) is 12.2 Å². The van der Waals surface area contributed by atoms with Crippen LogP contribution in [0.5, 0.6) is 0 Å². The van der Waals surface area contributed by atoms with Gasteiger partial charge >= 0.3 is 5.97 Å². The van der Waals surface area contributed by atoms with Gasteiger partial charge in [-0.1, -0.05) is 18.2 Å². The van der Waals surface area contributed by atoms with Gasteiger partial charge in [0, 0.05) is 0 Å². The van der Waals surface area contributed by atoms with Crippen LogP contribution >= 0.6 is 0 Å². The van der Waals surface area contributed by atoms with Crippen LogP contribution in [0.3, 0.4) is 0 Å². The number of hydrogen-bond donors (Lipinski definition) is 1. The van der Waals surface area contributed by atoms with Crippen molar-refractivity contribution in [1.29, 1.82) is 0 Å². The van der Waals surface area contributed by atoms with E-state index in [2.05, 4.69) is 0 Å². The maximum Gasteiger partial charge on any atom is 0.338 e. The zero-order valence-corrected chi connectivity index (χ0v) is 8.13. The largest absolute Gasteiger partial charge is 0.453 e. The number of benzene rings is 1. The van der Waals surface area contributed by atoms with Gasteiger partial charge in [-0.25, -0.2) is 4.79 Å². The van der Waals surface area contributed by atoms with E-state index in [0.717, 1.165) is 0 Å². The molecule has 1 aromatic rings. The summed E-state index contributed by atoms with van der Waals surface area (Å²) in [5.41, 5.74) is 0.483. The van der Waals surface area contributed by atoms with Gasteiger partial charge in [-0.2, -0.15) is 0 Å². The normalized spacial score (nSPS) is 25.1. The summed E-state index contributed by atoms with van der Waals surface area (Å²) in [6.07, 6.45) is -1.25. The molecule has 1 aromatic carbocycles. The molecule has 1 saturated heterocycles. The van der Waals surface area contributed by atoms with Crippen molar-refractivity contribution in [3.05, 3.63) is 35.9 Å². The summed E-state index contributed by atoms with van der Waals surface area (Å²) in [5.74, 6) is -0.426. The highest BCUT2D eigenvalue weighted by atomic mass is 16.6. The zero-order valence-electron chi connectivity index (χ0n) is 8.13. The minimum absolute atomic E-state index is 0.229. The topological polar surface area (TPSA) is 55.8 Å². The van der Waals surface area contributed by atoms with Crippen LogP contribution in [0.4, 0.5) is 0 Å². The van der Waals surface area contributed by atoms with Crippen LogP contribution in [-0.2, 0) is 9.47 Å². The SMILES string of the molecule is O=C(O[C@H]1COC[C@H]1O)c1ccccc1. The van der Waals surface area contributed by atoms with E-state index in [0.29, 0.717) is 5.56 Å². The molecule has 2 atom stereocenters. The van der Waals surface area contributed by atoms with Gasteiger partial charge in [-0.05, 0) is 12.1 Å². The van der Waals surface area contributed by atoms with Crippen molar-refractivity contribution < 1.29 is 19.4 Å². The molecular weight excluding hydrogens is 196 g/mol. The lowest BCUT2D eigenvalue weighted by Gasteiger charge is -2.13. The zero-order chi connectivity index (χ0) is 10.7. The Bertz CT molecular complexity index is 336. The number of hydrogen-bond acceptors (Lipinski definition) is 4. The third-order valence-corrected chi connectivity index (χ3v) is 2.27. The van der Waals surface area contributed by atoms with Crippen molar-refractivity contribution in [1.82, 2.24) is 0 Å². The van der Waals surface area contributed by atoms with E-state index < -0.39 is 18.2 Å². The predicted octanol–water partition coefficient (Wildman–Crippen LogP) is 0.603. The lowest BCUT2D eigenvalue weighted by atomic mass is 10.2. The average Bonchev–Trinajstić information content (AvgIpc) is 2.66. The molecule has 1 heterocycles. The molecule has 2 rings (SSSR count). The van der Waals surface area contributed by atoms with Crippen molar-refractivity contribution in [3.8, 4) is 0 Å². The monoisotopic (exact) mass is 208 g/mol. The van der Waals surface area contributed by atoms with E-state index in [1.54, 1.807) is 24.3 Å². The molecule has 1 N–H and O–H groups in total. The van der Waals surface area contributed by atoms with Crippen LogP contribution in [0.15, 0.2) is 30.3 Å². The van der Waals surface area contributed by atoms with Crippen molar-refractivity contribution in [3.63, 3.8) is 0 Å². The first-order valence-electron chi connectivity index (χ1n) is 4.79. The maximum absolute atomic E-state index is 11.6. The summed E-state index contributed by atoms with van der Waals surface area (Å²) >= 11 is 0. The van der Waals surface area contributed by atoms with Gasteiger partial charge in [-0.15, -0.1) is 0 Å². The van der Waals surface area contributed by atoms with E-state index in [1.165, 1.54) is 0 Å². The summed E-state index contributed by atoms with van der Waals surface area (Å²) in [5, 5.41) is 9.38. The van der Waals surface area contributed by atoms with E-state index >= 15 is 0 Å². The molecule has 80 valence electrons. The Morgan fingerprint density at radius 3 is 2.67 bits per heavy atom. The first-order valence-corrected chi connectivity index (χ1v) is 4.79. The molecule has 1 aliphatic heterocycles. The molecule has 1 aliphatic rings. The quantitative estimate of drug-likeness (QED) is 0.723. The molecule has 0 radical (unpaired) electrons. The lowest BCUT2D eigenvalue weighted by molar-refractivity contribution is 0.00114. The van der Waals surface area contributed by atoms with Crippen LogP contribution in [-0.4, -0.2) is 36.5 Å². The number of carbonyl (C=O) groups is 1. The van der Waals surface area contributed by atoms with Crippen LogP contribution in [0.25, 0.3) is 0 Å². The molecule has 0 saturated carbocycles. The van der Waals surface area contributed by atoms with Crippen LogP contribution < -0.4 is 0 Å². The highest BCUT2D eigenvalue weighted by Gasteiger charge is 2.29. The molecule has 0 aliphatic carbocycles. The fourth-order valence-corrected chi connectivity index (χ4v) is 1.42. The van der Waals surface area contributed by atoms with Crippen molar-refractivity contribution in [2.24, 2.45) is 0 Å². The minimum atomic E-state index is -0.710. The van der Waals surface area contributed by atoms with Gasteiger partial charge in [0.2, 0.25) is 0 Å². The average molecular weight is 208 g/mol. The molecule has 4 nitrogen and oxygen atoms in total. The van der Waals surface area contributed by atoms with Crippen molar-refractivity contribution >= 4 is 5.97 Å². The number of carbonyl (C=O) groups excluding carboxylic acids is 1. The summed E-state index contributed by atoms with van der Waals surface area (Å²) in [4.78, 5) is 11.6.